The average molecular weight is 308 g/mol. The van der Waals surface area contributed by atoms with Gasteiger partial charge in [-0.05, 0) is 23.8 Å². The molecule has 3 aromatic rings. The van der Waals surface area contributed by atoms with E-state index >= 15 is 0 Å². The number of aromatic nitrogens is 1. The maximum Gasteiger partial charge on any atom is 0.338 e. The predicted octanol–water partition coefficient (Wildman–Crippen LogP) is 3.58. The molecule has 0 fully saturated rings. The van der Waals surface area contributed by atoms with Crippen LogP contribution in [-0.2, 0) is 9.53 Å². The molecule has 0 aliphatic carbocycles. The van der Waals surface area contributed by atoms with Gasteiger partial charge >= 0.3 is 5.97 Å². The van der Waals surface area contributed by atoms with Gasteiger partial charge in [-0.25, -0.2) is 4.79 Å². The summed E-state index contributed by atoms with van der Waals surface area (Å²) in [6.45, 7) is 1.42. The first kappa shape index (κ1) is 14.8. The number of amides is 1. The van der Waals surface area contributed by atoms with Crippen LogP contribution in [0.25, 0.3) is 22.2 Å². The van der Waals surface area contributed by atoms with E-state index in [1.54, 1.807) is 12.1 Å². The molecule has 0 radical (unpaired) electrons. The lowest BCUT2D eigenvalue weighted by atomic mass is 10.1. The lowest BCUT2D eigenvalue weighted by Gasteiger charge is -2.06. The van der Waals surface area contributed by atoms with Crippen LogP contribution in [0.2, 0.25) is 0 Å². The van der Waals surface area contributed by atoms with Crippen LogP contribution in [0.5, 0.6) is 0 Å². The Morgan fingerprint density at radius 2 is 1.83 bits per heavy atom. The van der Waals surface area contributed by atoms with Crippen LogP contribution in [0.4, 0.5) is 5.69 Å². The first-order chi connectivity index (χ1) is 11.1. The van der Waals surface area contributed by atoms with Crippen molar-refractivity contribution in [1.82, 2.24) is 4.98 Å². The highest BCUT2D eigenvalue weighted by molar-refractivity contribution is 6.07. The molecular formula is C18H16N2O3. The van der Waals surface area contributed by atoms with Crippen molar-refractivity contribution in [3.05, 3.63) is 54.1 Å². The lowest BCUT2D eigenvalue weighted by Crippen LogP contribution is -2.08. The highest BCUT2D eigenvalue weighted by atomic mass is 16.5. The van der Waals surface area contributed by atoms with E-state index in [4.69, 9.17) is 4.74 Å². The van der Waals surface area contributed by atoms with E-state index < -0.39 is 5.97 Å². The third kappa shape index (κ3) is 2.94. The smallest absolute Gasteiger partial charge is 0.338 e. The first-order valence-corrected chi connectivity index (χ1v) is 7.16. The van der Waals surface area contributed by atoms with Crippen LogP contribution in [0, 0.1) is 0 Å². The minimum absolute atomic E-state index is 0.199. The van der Waals surface area contributed by atoms with E-state index in [1.807, 2.05) is 36.4 Å². The molecule has 2 aromatic carbocycles. The fourth-order valence-electron chi connectivity index (χ4n) is 2.57. The molecule has 0 aliphatic heterocycles. The lowest BCUT2D eigenvalue weighted by molar-refractivity contribution is -0.114. The number of nitrogens with one attached hydrogen (secondary N) is 2. The summed E-state index contributed by atoms with van der Waals surface area (Å²) in [5.74, 6) is -0.643. The maximum absolute atomic E-state index is 12.1. The second kappa shape index (κ2) is 5.96. The minimum Gasteiger partial charge on any atom is -0.465 e. The fourth-order valence-corrected chi connectivity index (χ4v) is 2.57. The zero-order valence-electron chi connectivity index (χ0n) is 12.8. The van der Waals surface area contributed by atoms with E-state index in [1.165, 1.54) is 14.0 Å². The normalized spacial score (nSPS) is 10.5. The van der Waals surface area contributed by atoms with E-state index in [-0.39, 0.29) is 5.91 Å². The maximum atomic E-state index is 12.1. The number of hydrogen-bond acceptors (Lipinski definition) is 3. The number of carbonyl (C=O) groups excluding carboxylic acids is 2. The van der Waals surface area contributed by atoms with E-state index in [0.29, 0.717) is 11.3 Å². The van der Waals surface area contributed by atoms with Gasteiger partial charge in [-0.15, -0.1) is 0 Å². The van der Waals surface area contributed by atoms with Gasteiger partial charge in [0.1, 0.15) is 0 Å². The Bertz CT molecular complexity index is 882. The quantitative estimate of drug-likeness (QED) is 0.726. The SMILES string of the molecule is COC(=O)c1cc(NC(C)=O)cc2[nH]c(-c3ccccc3)cc12. The summed E-state index contributed by atoms with van der Waals surface area (Å²) in [6.07, 6.45) is 0. The number of fused-ring (bicyclic) bond motifs is 1. The van der Waals surface area contributed by atoms with Crippen LogP contribution < -0.4 is 5.32 Å². The summed E-state index contributed by atoms with van der Waals surface area (Å²) < 4.78 is 4.85. The van der Waals surface area contributed by atoms with Gasteiger partial charge in [-0.2, -0.15) is 0 Å². The summed E-state index contributed by atoms with van der Waals surface area (Å²) >= 11 is 0. The predicted molar refractivity (Wildman–Crippen MR) is 89.4 cm³/mol. The monoisotopic (exact) mass is 308 g/mol. The Morgan fingerprint density at radius 3 is 2.48 bits per heavy atom. The number of esters is 1. The zero-order chi connectivity index (χ0) is 16.4. The van der Waals surface area contributed by atoms with Crippen molar-refractivity contribution in [1.29, 1.82) is 0 Å². The van der Waals surface area contributed by atoms with Crippen molar-refractivity contribution >= 4 is 28.5 Å². The largest absolute Gasteiger partial charge is 0.465 e. The molecule has 2 N–H and O–H groups in total. The molecule has 0 saturated carbocycles. The van der Waals surface area contributed by atoms with Crippen molar-refractivity contribution in [3.8, 4) is 11.3 Å². The Hall–Kier alpha value is -3.08. The molecule has 0 bridgehead atoms. The highest BCUT2D eigenvalue weighted by Gasteiger charge is 2.15. The number of rotatable bonds is 3. The van der Waals surface area contributed by atoms with E-state index in [9.17, 15) is 9.59 Å². The molecule has 116 valence electrons. The molecule has 0 unspecified atom stereocenters. The van der Waals surface area contributed by atoms with Gasteiger partial charge in [0.05, 0.1) is 12.7 Å². The van der Waals surface area contributed by atoms with Crippen molar-refractivity contribution in [3.63, 3.8) is 0 Å². The zero-order valence-corrected chi connectivity index (χ0v) is 12.8. The number of ether oxygens (including phenoxy) is 1. The Balaban J connectivity index is 2.19. The molecule has 0 saturated heterocycles. The van der Waals surface area contributed by atoms with Crippen LogP contribution >= 0.6 is 0 Å². The number of anilines is 1. The molecule has 5 nitrogen and oxygen atoms in total. The van der Waals surface area contributed by atoms with Gasteiger partial charge in [0, 0.05) is 29.2 Å². The van der Waals surface area contributed by atoms with Gasteiger partial charge in [-0.1, -0.05) is 30.3 Å². The molecule has 0 aliphatic rings. The number of methoxy groups -OCH3 is 1. The average Bonchev–Trinajstić information content (AvgIpc) is 2.97. The third-order valence-corrected chi connectivity index (χ3v) is 3.55. The number of hydrogen-bond donors (Lipinski definition) is 2. The summed E-state index contributed by atoms with van der Waals surface area (Å²) in [5, 5.41) is 3.45. The number of H-pyrrole nitrogens is 1. The van der Waals surface area contributed by atoms with Gasteiger partial charge < -0.3 is 15.0 Å². The summed E-state index contributed by atoms with van der Waals surface area (Å²) in [7, 11) is 1.34. The van der Waals surface area contributed by atoms with Crippen molar-refractivity contribution < 1.29 is 14.3 Å². The van der Waals surface area contributed by atoms with Crippen molar-refractivity contribution in [2.75, 3.05) is 12.4 Å². The number of aromatic amines is 1. The molecule has 1 amide bonds. The van der Waals surface area contributed by atoms with Crippen molar-refractivity contribution in [2.45, 2.75) is 6.92 Å². The molecule has 5 heteroatoms. The van der Waals surface area contributed by atoms with Gasteiger partial charge in [0.2, 0.25) is 5.91 Å². The molecule has 0 atom stereocenters. The van der Waals surface area contributed by atoms with Crippen LogP contribution in [-0.4, -0.2) is 24.0 Å². The second-order valence-electron chi connectivity index (χ2n) is 5.21. The Kier molecular flexibility index (Phi) is 3.85. The Labute approximate surface area is 133 Å². The Morgan fingerprint density at radius 1 is 1.09 bits per heavy atom. The summed E-state index contributed by atoms with van der Waals surface area (Å²) in [5.41, 5.74) is 3.63. The fraction of sp³-hybridized carbons (Fsp3) is 0.111. The molecular weight excluding hydrogens is 292 g/mol. The molecule has 1 aromatic heterocycles. The number of benzene rings is 2. The van der Waals surface area contributed by atoms with Crippen LogP contribution in [0.15, 0.2) is 48.5 Å². The number of carbonyl (C=O) groups is 2. The molecule has 3 rings (SSSR count). The highest BCUT2D eigenvalue weighted by Crippen LogP contribution is 2.29. The molecule has 23 heavy (non-hydrogen) atoms. The van der Waals surface area contributed by atoms with Crippen LogP contribution in [0.3, 0.4) is 0 Å². The first-order valence-electron chi connectivity index (χ1n) is 7.16. The van der Waals surface area contributed by atoms with Gasteiger partial charge in [-0.3, -0.25) is 4.79 Å². The summed E-state index contributed by atoms with van der Waals surface area (Å²) in [6, 6.07) is 15.1. The van der Waals surface area contributed by atoms with Crippen molar-refractivity contribution in [2.24, 2.45) is 0 Å². The summed E-state index contributed by atoms with van der Waals surface area (Å²) in [4.78, 5) is 26.6. The molecule has 0 spiro atoms. The minimum atomic E-state index is -0.444. The van der Waals surface area contributed by atoms with Crippen LogP contribution in [0.1, 0.15) is 17.3 Å². The molecule has 1 heterocycles. The van der Waals surface area contributed by atoms with Gasteiger partial charge in [0.25, 0.3) is 0 Å². The standard InChI is InChI=1S/C18H16N2O3/c1-11(21)19-13-8-15(18(22)23-2)14-10-16(20-17(14)9-13)12-6-4-3-5-7-12/h3-10,20H,1-2H3,(H,19,21). The topological polar surface area (TPSA) is 71.2 Å². The third-order valence-electron chi connectivity index (χ3n) is 3.55. The van der Waals surface area contributed by atoms with E-state index in [0.717, 1.165) is 22.2 Å². The van der Waals surface area contributed by atoms with Gasteiger partial charge in [0.15, 0.2) is 0 Å². The van der Waals surface area contributed by atoms with E-state index in [2.05, 4.69) is 10.3 Å². The second-order valence-corrected chi connectivity index (χ2v) is 5.21.